The molecule has 32 heavy (non-hydrogen) atoms. The van der Waals surface area contributed by atoms with Gasteiger partial charge in [0.1, 0.15) is 5.75 Å². The van der Waals surface area contributed by atoms with Crippen molar-refractivity contribution in [1.82, 2.24) is 0 Å². The number of carboxylic acid groups (broad SMARTS) is 1. The molecule has 0 aromatic heterocycles. The average molecular weight is 476 g/mol. The molecule has 0 saturated heterocycles. The Morgan fingerprint density at radius 3 is 1.81 bits per heavy atom. The smallest absolute Gasteiger partial charge is 0.325 e. The highest BCUT2D eigenvalue weighted by Crippen LogP contribution is 2.39. The van der Waals surface area contributed by atoms with E-state index in [1.807, 2.05) is 0 Å². The van der Waals surface area contributed by atoms with Crippen molar-refractivity contribution in [3.63, 3.8) is 0 Å². The fraction of sp³-hybridized carbons (Fsp3) is 0.409. The van der Waals surface area contributed by atoms with Crippen molar-refractivity contribution >= 4 is 15.8 Å². The van der Waals surface area contributed by atoms with Crippen molar-refractivity contribution < 1.29 is 40.6 Å². The Morgan fingerprint density at radius 1 is 0.906 bits per heavy atom. The summed E-state index contributed by atoms with van der Waals surface area (Å²) in [5.74, 6) is -1.39. The summed E-state index contributed by atoms with van der Waals surface area (Å²) >= 11 is 0. The van der Waals surface area contributed by atoms with Crippen LogP contribution in [0, 0.1) is 0 Å². The van der Waals surface area contributed by atoms with Crippen molar-refractivity contribution in [3.8, 4) is 16.9 Å². The predicted octanol–water partition coefficient (Wildman–Crippen LogP) is 5.44. The van der Waals surface area contributed by atoms with Gasteiger partial charge < -0.3 is 9.84 Å². The molecule has 3 rings (SSSR count). The third-order valence-electron chi connectivity index (χ3n) is 5.36. The van der Waals surface area contributed by atoms with Crippen LogP contribution in [0.25, 0.3) is 11.1 Å². The third kappa shape index (κ3) is 5.23. The topological polar surface area (TPSA) is 80.7 Å². The summed E-state index contributed by atoms with van der Waals surface area (Å²) in [6.45, 7) is 0. The summed E-state index contributed by atoms with van der Waals surface area (Å²) in [5, 5.41) is 9.68. The highest BCUT2D eigenvalue weighted by molar-refractivity contribution is 7.93. The minimum Gasteiger partial charge on any atom is -0.480 e. The largest absolute Gasteiger partial charge is 0.480 e. The maximum Gasteiger partial charge on any atom is 0.325 e. The van der Waals surface area contributed by atoms with Gasteiger partial charge in [0.05, 0.1) is 12.1 Å². The maximum absolute atomic E-state index is 13.1. The molecule has 1 aliphatic rings. The number of sulfone groups is 1. The molecular weight excluding hydrogens is 452 g/mol. The summed E-state index contributed by atoms with van der Waals surface area (Å²) < 4.78 is 75.8. The number of hydrogen-bond acceptors (Lipinski definition) is 4. The Kier molecular flexibility index (Phi) is 8.65. The second-order valence-corrected chi connectivity index (χ2v) is 9.48. The van der Waals surface area contributed by atoms with Crippen LogP contribution < -0.4 is 4.74 Å². The molecule has 1 aliphatic carbocycles. The van der Waals surface area contributed by atoms with Gasteiger partial charge in [-0.3, -0.25) is 9.18 Å². The fourth-order valence-electron chi connectivity index (χ4n) is 3.68. The van der Waals surface area contributed by atoms with Crippen LogP contribution in [0.5, 0.6) is 5.75 Å². The van der Waals surface area contributed by atoms with E-state index in [0.29, 0.717) is 31.1 Å². The van der Waals surface area contributed by atoms with Gasteiger partial charge in [0.25, 0.3) is 6.36 Å². The monoisotopic (exact) mass is 476 g/mol. The Labute approximate surface area is 183 Å². The van der Waals surface area contributed by atoms with Crippen LogP contribution in [-0.2, 0) is 14.6 Å². The van der Waals surface area contributed by atoms with Gasteiger partial charge in [0.15, 0.2) is 14.6 Å². The minimum absolute atomic E-state index is 0.0623. The van der Waals surface area contributed by atoms with E-state index in [4.69, 9.17) is 0 Å². The zero-order valence-corrected chi connectivity index (χ0v) is 18.1. The SMILES string of the molecule is CF.O=C(O)C1(S(=O)(=O)c2ccc(-c3ccc(OC(F)C(F)F)cc3)cc2)CCCCC1. The number of hydrogen-bond donors (Lipinski definition) is 1. The molecule has 0 radical (unpaired) electrons. The van der Waals surface area contributed by atoms with Crippen LogP contribution in [0.2, 0.25) is 0 Å². The van der Waals surface area contributed by atoms with Gasteiger partial charge in [0, 0.05) is 0 Å². The van der Waals surface area contributed by atoms with Crippen LogP contribution in [0.3, 0.4) is 0 Å². The zero-order chi connectivity index (χ0) is 23.9. The third-order valence-corrected chi connectivity index (χ3v) is 7.87. The van der Waals surface area contributed by atoms with E-state index < -0.39 is 33.3 Å². The number of benzene rings is 2. The lowest BCUT2D eigenvalue weighted by Crippen LogP contribution is -2.47. The van der Waals surface area contributed by atoms with Crippen LogP contribution in [0.15, 0.2) is 53.4 Å². The molecule has 0 heterocycles. The van der Waals surface area contributed by atoms with Gasteiger partial charge in [0.2, 0.25) is 0 Å². The van der Waals surface area contributed by atoms with Crippen LogP contribution in [0.4, 0.5) is 17.6 Å². The normalized spacial score (nSPS) is 16.6. The van der Waals surface area contributed by atoms with E-state index in [0.717, 1.165) is 6.42 Å². The van der Waals surface area contributed by atoms with Crippen molar-refractivity contribution in [3.05, 3.63) is 48.5 Å². The maximum atomic E-state index is 13.1. The van der Waals surface area contributed by atoms with E-state index >= 15 is 0 Å². The van der Waals surface area contributed by atoms with Gasteiger partial charge in [-0.1, -0.05) is 43.5 Å². The number of halogens is 4. The lowest BCUT2D eigenvalue weighted by atomic mass is 9.88. The molecule has 0 bridgehead atoms. The predicted molar refractivity (Wildman–Crippen MR) is 111 cm³/mol. The summed E-state index contributed by atoms with van der Waals surface area (Å²) in [5.41, 5.74) is 1.25. The number of carboxylic acids is 1. The van der Waals surface area contributed by atoms with Crippen LogP contribution in [-0.4, -0.2) is 44.2 Å². The molecule has 2 aromatic rings. The molecule has 0 spiro atoms. The number of alkyl halides is 4. The lowest BCUT2D eigenvalue weighted by Gasteiger charge is -2.32. The molecule has 1 fully saturated rings. The summed E-state index contributed by atoms with van der Waals surface area (Å²) in [6.07, 6.45) is -3.90. The zero-order valence-electron chi connectivity index (χ0n) is 17.3. The lowest BCUT2D eigenvalue weighted by molar-refractivity contribution is -0.141. The van der Waals surface area contributed by atoms with Crippen molar-refractivity contribution in [2.45, 2.75) is 54.5 Å². The van der Waals surface area contributed by atoms with Gasteiger partial charge in [-0.25, -0.2) is 17.2 Å². The van der Waals surface area contributed by atoms with Crippen molar-refractivity contribution in [2.75, 3.05) is 7.18 Å². The summed E-state index contributed by atoms with van der Waals surface area (Å²) in [4.78, 5) is 11.8. The van der Waals surface area contributed by atoms with Gasteiger partial charge in [-0.15, -0.1) is 0 Å². The molecule has 10 heteroatoms. The van der Waals surface area contributed by atoms with Crippen molar-refractivity contribution in [1.29, 1.82) is 0 Å². The molecule has 0 aliphatic heterocycles. The second kappa shape index (κ2) is 10.8. The molecular formula is C22H24F4O5S. The molecule has 1 saturated carbocycles. The summed E-state index contributed by atoms with van der Waals surface area (Å²) in [6, 6.07) is 11.5. The first-order valence-electron chi connectivity index (χ1n) is 9.82. The van der Waals surface area contributed by atoms with E-state index in [1.165, 1.54) is 48.5 Å². The second-order valence-electron chi connectivity index (χ2n) is 7.22. The highest BCUT2D eigenvalue weighted by Gasteiger charge is 2.51. The van der Waals surface area contributed by atoms with Gasteiger partial charge >= 0.3 is 12.4 Å². The Morgan fingerprint density at radius 2 is 1.38 bits per heavy atom. The first kappa shape index (κ1) is 25.6. The summed E-state index contributed by atoms with van der Waals surface area (Å²) in [7, 11) is -3.58. The first-order valence-corrected chi connectivity index (χ1v) is 11.3. The fourth-order valence-corrected chi connectivity index (χ4v) is 5.68. The minimum atomic E-state index is -4.08. The molecule has 176 valence electrons. The van der Waals surface area contributed by atoms with Crippen LogP contribution in [0.1, 0.15) is 32.1 Å². The Balaban J connectivity index is 0.00000176. The first-order chi connectivity index (χ1) is 15.2. The number of aliphatic carboxylic acids is 1. The van der Waals surface area contributed by atoms with E-state index in [2.05, 4.69) is 4.74 Å². The molecule has 1 atom stereocenters. The molecule has 1 unspecified atom stereocenters. The molecule has 0 amide bonds. The van der Waals surface area contributed by atoms with Crippen LogP contribution >= 0.6 is 0 Å². The highest BCUT2D eigenvalue weighted by atomic mass is 32.2. The Hall–Kier alpha value is -2.62. The average Bonchev–Trinajstić information content (AvgIpc) is 2.81. The molecule has 2 aromatic carbocycles. The van der Waals surface area contributed by atoms with E-state index in [1.54, 1.807) is 0 Å². The Bertz CT molecular complexity index is 986. The van der Waals surface area contributed by atoms with Crippen molar-refractivity contribution in [2.24, 2.45) is 0 Å². The van der Waals surface area contributed by atoms with Gasteiger partial charge in [-0.2, -0.15) is 4.39 Å². The van der Waals surface area contributed by atoms with E-state index in [9.17, 15) is 35.9 Å². The molecule has 1 N–H and O–H groups in total. The quantitative estimate of drug-likeness (QED) is 0.539. The van der Waals surface area contributed by atoms with E-state index in [-0.39, 0.29) is 23.5 Å². The number of rotatable bonds is 7. The standard InChI is InChI=1S/C21H21F3O5S.CH3F/c22-18(23)19(24)29-16-8-4-14(5-9-16)15-6-10-17(11-7-15)30(27,28)21(20(25)26)12-2-1-3-13-21;1-2/h4-11,18-19H,1-3,12-13H2,(H,25,26);1H3. The molecule has 5 nitrogen and oxygen atoms in total. The van der Waals surface area contributed by atoms with Gasteiger partial charge in [-0.05, 0) is 48.2 Å². The number of carbonyl (C=O) groups is 1. The number of ether oxygens (including phenoxy) is 1.